The Hall–Kier alpha value is -2.69. The Bertz CT molecular complexity index is 525. The molecule has 0 atom stereocenters. The predicted molar refractivity (Wildman–Crippen MR) is 63.0 cm³/mol. The first kappa shape index (κ1) is 11.8. The van der Waals surface area contributed by atoms with Gasteiger partial charge in [-0.25, -0.2) is 0 Å². The summed E-state index contributed by atoms with van der Waals surface area (Å²) in [6.07, 6.45) is 0. The number of benzene rings is 2. The Balaban J connectivity index is 2.63. The summed E-state index contributed by atoms with van der Waals surface area (Å²) in [5.41, 5.74) is -0.733. The summed E-state index contributed by atoms with van der Waals surface area (Å²) >= 11 is 0. The lowest BCUT2D eigenvalue weighted by Gasteiger charge is -2.08. The van der Waals surface area contributed by atoms with E-state index < -0.39 is 28.8 Å². The zero-order valence-corrected chi connectivity index (χ0v) is 9.16. The van der Waals surface area contributed by atoms with Crippen molar-refractivity contribution in [3.63, 3.8) is 0 Å². The van der Waals surface area contributed by atoms with E-state index in [0.29, 0.717) is 0 Å². The summed E-state index contributed by atoms with van der Waals surface area (Å²) in [5.74, 6) is -2.57. The van der Waals surface area contributed by atoms with E-state index in [9.17, 15) is 25.2 Å². The second-order valence-electron chi connectivity index (χ2n) is 3.67. The van der Waals surface area contributed by atoms with Gasteiger partial charge in [0.25, 0.3) is 0 Å². The van der Waals surface area contributed by atoms with E-state index in [1.54, 1.807) is 0 Å². The highest BCUT2D eigenvalue weighted by Gasteiger charge is 2.23. The Labute approximate surface area is 102 Å². The van der Waals surface area contributed by atoms with Crippen LogP contribution in [-0.4, -0.2) is 26.2 Å². The highest BCUT2D eigenvalue weighted by atomic mass is 16.3. The average Bonchev–Trinajstić information content (AvgIpc) is 2.28. The maximum absolute atomic E-state index is 12.1. The van der Waals surface area contributed by atoms with Gasteiger partial charge < -0.3 is 20.4 Å². The van der Waals surface area contributed by atoms with E-state index >= 15 is 0 Å². The Morgan fingerprint density at radius 2 is 0.944 bits per heavy atom. The summed E-state index contributed by atoms with van der Waals surface area (Å²) in [6.45, 7) is 0. The van der Waals surface area contributed by atoms with E-state index in [2.05, 4.69) is 0 Å². The molecular formula is C13H10O5. The molecule has 0 fully saturated rings. The number of phenolic OH excluding ortho intramolecular Hbond substituents is 4. The third-order valence-electron chi connectivity index (χ3n) is 2.50. The van der Waals surface area contributed by atoms with Crippen molar-refractivity contribution >= 4 is 5.78 Å². The molecule has 0 aliphatic heterocycles. The predicted octanol–water partition coefficient (Wildman–Crippen LogP) is 1.74. The largest absolute Gasteiger partial charge is 0.507 e. The van der Waals surface area contributed by atoms with E-state index in [4.69, 9.17) is 0 Å². The van der Waals surface area contributed by atoms with Crippen molar-refractivity contribution in [1.82, 2.24) is 0 Å². The molecule has 0 amide bonds. The average molecular weight is 246 g/mol. The third kappa shape index (κ3) is 1.82. The van der Waals surface area contributed by atoms with E-state index in [1.165, 1.54) is 36.4 Å². The maximum Gasteiger partial charge on any atom is 0.207 e. The van der Waals surface area contributed by atoms with Crippen LogP contribution in [-0.2, 0) is 0 Å². The molecule has 0 saturated heterocycles. The molecule has 0 radical (unpaired) electrons. The van der Waals surface area contributed by atoms with Crippen molar-refractivity contribution in [2.45, 2.75) is 0 Å². The SMILES string of the molecule is O=C(c1c(O)cccc1O)c1c(O)cccc1O. The quantitative estimate of drug-likeness (QED) is 0.605. The second kappa shape index (κ2) is 4.29. The van der Waals surface area contributed by atoms with Gasteiger partial charge in [0.05, 0.1) is 0 Å². The van der Waals surface area contributed by atoms with Crippen LogP contribution in [0.5, 0.6) is 23.0 Å². The van der Waals surface area contributed by atoms with Crippen molar-refractivity contribution < 1.29 is 25.2 Å². The topological polar surface area (TPSA) is 98.0 Å². The lowest BCUT2D eigenvalue weighted by atomic mass is 10.00. The molecule has 0 spiro atoms. The van der Waals surface area contributed by atoms with Crippen LogP contribution in [0.15, 0.2) is 36.4 Å². The van der Waals surface area contributed by atoms with Gasteiger partial charge in [-0.15, -0.1) is 0 Å². The first-order valence-electron chi connectivity index (χ1n) is 5.09. The van der Waals surface area contributed by atoms with Gasteiger partial charge in [-0.1, -0.05) is 12.1 Å². The number of phenols is 4. The normalized spacial score (nSPS) is 10.2. The molecule has 0 aliphatic rings. The molecule has 0 aromatic heterocycles. The fraction of sp³-hybridized carbons (Fsp3) is 0. The van der Waals surface area contributed by atoms with Crippen LogP contribution < -0.4 is 0 Å². The van der Waals surface area contributed by atoms with Gasteiger partial charge in [-0.3, -0.25) is 4.79 Å². The second-order valence-corrected chi connectivity index (χ2v) is 3.67. The number of hydrogen-bond donors (Lipinski definition) is 4. The summed E-state index contributed by atoms with van der Waals surface area (Å²) in [6, 6.07) is 7.64. The Kier molecular flexibility index (Phi) is 2.81. The fourth-order valence-electron chi connectivity index (χ4n) is 1.65. The molecule has 0 bridgehead atoms. The summed E-state index contributed by atoms with van der Waals surface area (Å²) in [4.78, 5) is 12.1. The summed E-state index contributed by atoms with van der Waals surface area (Å²) in [5, 5.41) is 38.2. The van der Waals surface area contributed by atoms with Gasteiger partial charge >= 0.3 is 0 Å². The molecule has 2 aromatic carbocycles. The Morgan fingerprint density at radius 3 is 1.22 bits per heavy atom. The first-order valence-corrected chi connectivity index (χ1v) is 5.09. The van der Waals surface area contributed by atoms with Crippen LogP contribution in [0.4, 0.5) is 0 Å². The van der Waals surface area contributed by atoms with Gasteiger partial charge in [0.15, 0.2) is 0 Å². The summed E-state index contributed by atoms with van der Waals surface area (Å²) in [7, 11) is 0. The molecule has 0 aliphatic carbocycles. The first-order chi connectivity index (χ1) is 8.52. The van der Waals surface area contributed by atoms with Crippen LogP contribution >= 0.6 is 0 Å². The molecule has 0 saturated carbocycles. The van der Waals surface area contributed by atoms with Gasteiger partial charge in [0, 0.05) is 0 Å². The molecule has 2 rings (SSSR count). The van der Waals surface area contributed by atoms with Crippen LogP contribution in [0, 0.1) is 0 Å². The molecule has 4 N–H and O–H groups in total. The van der Waals surface area contributed by atoms with Gasteiger partial charge in [-0.2, -0.15) is 0 Å². The van der Waals surface area contributed by atoms with E-state index in [0.717, 1.165) is 0 Å². The molecule has 5 nitrogen and oxygen atoms in total. The van der Waals surface area contributed by atoms with Crippen LogP contribution in [0.2, 0.25) is 0 Å². The van der Waals surface area contributed by atoms with E-state index in [1.807, 2.05) is 0 Å². The van der Waals surface area contributed by atoms with E-state index in [-0.39, 0.29) is 11.1 Å². The fourth-order valence-corrected chi connectivity index (χ4v) is 1.65. The van der Waals surface area contributed by atoms with Gasteiger partial charge in [0.1, 0.15) is 34.1 Å². The van der Waals surface area contributed by atoms with Crippen molar-refractivity contribution in [3.8, 4) is 23.0 Å². The zero-order valence-electron chi connectivity index (χ0n) is 9.16. The minimum atomic E-state index is -0.860. The molecule has 92 valence electrons. The van der Waals surface area contributed by atoms with Crippen LogP contribution in [0.25, 0.3) is 0 Å². The molecule has 0 heterocycles. The van der Waals surface area contributed by atoms with Crippen LogP contribution in [0.1, 0.15) is 15.9 Å². The minimum Gasteiger partial charge on any atom is -0.507 e. The van der Waals surface area contributed by atoms with Crippen LogP contribution in [0.3, 0.4) is 0 Å². The zero-order chi connectivity index (χ0) is 13.3. The number of ketones is 1. The lowest BCUT2D eigenvalue weighted by Crippen LogP contribution is -2.03. The number of carbonyl (C=O) groups is 1. The maximum atomic E-state index is 12.1. The lowest BCUT2D eigenvalue weighted by molar-refractivity contribution is 0.102. The highest BCUT2D eigenvalue weighted by Crippen LogP contribution is 2.34. The number of aromatic hydroxyl groups is 4. The van der Waals surface area contributed by atoms with Crippen molar-refractivity contribution in [2.75, 3.05) is 0 Å². The van der Waals surface area contributed by atoms with Crippen molar-refractivity contribution in [1.29, 1.82) is 0 Å². The molecular weight excluding hydrogens is 236 g/mol. The smallest absolute Gasteiger partial charge is 0.207 e. The molecule has 2 aromatic rings. The van der Waals surface area contributed by atoms with Crippen molar-refractivity contribution in [2.24, 2.45) is 0 Å². The molecule has 5 heteroatoms. The monoisotopic (exact) mass is 246 g/mol. The van der Waals surface area contributed by atoms with Gasteiger partial charge in [0.2, 0.25) is 5.78 Å². The molecule has 18 heavy (non-hydrogen) atoms. The molecule has 0 unspecified atom stereocenters. The Morgan fingerprint density at radius 1 is 0.667 bits per heavy atom. The highest BCUT2D eigenvalue weighted by molar-refractivity contribution is 6.15. The van der Waals surface area contributed by atoms with Gasteiger partial charge in [-0.05, 0) is 24.3 Å². The van der Waals surface area contributed by atoms with Crippen molar-refractivity contribution in [3.05, 3.63) is 47.5 Å². The minimum absolute atomic E-state index is 0.366. The third-order valence-corrected chi connectivity index (χ3v) is 2.50. The standard InChI is InChI=1S/C13H10O5/c14-7-3-1-4-8(15)11(7)13(18)12-9(16)5-2-6-10(12)17/h1-6,14-17H. The summed E-state index contributed by atoms with van der Waals surface area (Å²) < 4.78 is 0. The number of rotatable bonds is 2. The number of hydrogen-bond acceptors (Lipinski definition) is 5. The number of carbonyl (C=O) groups excluding carboxylic acids is 1.